The van der Waals surface area contributed by atoms with Crippen LogP contribution in [-0.4, -0.2) is 37.2 Å². The molecule has 0 saturated carbocycles. The molecule has 0 aliphatic carbocycles. The van der Waals surface area contributed by atoms with Crippen LogP contribution in [0.3, 0.4) is 0 Å². The first-order chi connectivity index (χ1) is 41.0. The second-order valence-electron chi connectivity index (χ2n) is 21.2. The minimum absolute atomic E-state index is 0.117. The van der Waals surface area contributed by atoms with E-state index < -0.39 is 6.10 Å². The van der Waals surface area contributed by atoms with Crippen LogP contribution in [0.25, 0.3) is 0 Å². The lowest BCUT2D eigenvalue weighted by molar-refractivity contribution is -0.166. The van der Waals surface area contributed by atoms with Crippen molar-refractivity contribution in [3.8, 4) is 0 Å². The third-order valence-corrected chi connectivity index (χ3v) is 13.4. The van der Waals surface area contributed by atoms with Gasteiger partial charge < -0.3 is 14.2 Å². The Labute approximate surface area is 510 Å². The van der Waals surface area contributed by atoms with Gasteiger partial charge in [0.1, 0.15) is 13.2 Å². The van der Waals surface area contributed by atoms with Crippen molar-refractivity contribution in [1.29, 1.82) is 0 Å². The van der Waals surface area contributed by atoms with Crippen molar-refractivity contribution in [3.63, 3.8) is 0 Å². The van der Waals surface area contributed by atoms with E-state index in [-0.39, 0.29) is 37.5 Å². The van der Waals surface area contributed by atoms with E-state index in [1.165, 1.54) is 70.6 Å². The minimum atomic E-state index is -0.829. The smallest absolute Gasteiger partial charge is 0.306 e. The molecular formula is C77H120O6. The molecule has 0 aliphatic heterocycles. The van der Waals surface area contributed by atoms with E-state index in [2.05, 4.69) is 197 Å². The van der Waals surface area contributed by atoms with Gasteiger partial charge in [-0.3, -0.25) is 14.4 Å². The molecule has 1 unspecified atom stereocenters. The molecule has 1 atom stereocenters. The maximum absolute atomic E-state index is 12.9. The van der Waals surface area contributed by atoms with E-state index in [4.69, 9.17) is 14.2 Å². The highest BCUT2D eigenvalue weighted by Crippen LogP contribution is 2.15. The van der Waals surface area contributed by atoms with Gasteiger partial charge in [0.2, 0.25) is 0 Å². The van der Waals surface area contributed by atoms with Crippen molar-refractivity contribution in [2.45, 2.75) is 271 Å². The van der Waals surface area contributed by atoms with Crippen LogP contribution in [0.1, 0.15) is 265 Å². The molecule has 0 N–H and O–H groups in total. The van der Waals surface area contributed by atoms with Gasteiger partial charge in [-0.05, 0) is 141 Å². The monoisotopic (exact) mass is 1140 g/mol. The summed E-state index contributed by atoms with van der Waals surface area (Å²) < 4.78 is 16.9. The molecule has 0 fully saturated rings. The van der Waals surface area contributed by atoms with Crippen LogP contribution < -0.4 is 0 Å². The highest BCUT2D eigenvalue weighted by atomic mass is 16.6. The zero-order chi connectivity index (χ0) is 59.9. The zero-order valence-electron chi connectivity index (χ0n) is 53.1. The zero-order valence-corrected chi connectivity index (χ0v) is 53.1. The number of unbranched alkanes of at least 4 members (excludes halogenated alkanes) is 17. The summed E-state index contributed by atoms with van der Waals surface area (Å²) >= 11 is 0. The van der Waals surface area contributed by atoms with Gasteiger partial charge in [-0.15, -0.1) is 0 Å². The van der Waals surface area contributed by atoms with E-state index in [1.807, 2.05) is 6.08 Å². The predicted octanol–water partition coefficient (Wildman–Crippen LogP) is 23.2. The Bertz CT molecular complexity index is 1940. The molecule has 464 valence electrons. The van der Waals surface area contributed by atoms with Crippen LogP contribution in [0.4, 0.5) is 0 Å². The second kappa shape index (κ2) is 69.0. The number of allylic oxidation sites excluding steroid dienone is 30. The van der Waals surface area contributed by atoms with Gasteiger partial charge in [0.15, 0.2) is 6.10 Å². The van der Waals surface area contributed by atoms with E-state index in [0.717, 1.165) is 148 Å². The van der Waals surface area contributed by atoms with E-state index in [0.29, 0.717) is 19.3 Å². The molecule has 0 amide bonds. The topological polar surface area (TPSA) is 78.9 Å². The third kappa shape index (κ3) is 67.2. The maximum atomic E-state index is 12.9. The number of carbonyl (C=O) groups excluding carboxylic acids is 3. The lowest BCUT2D eigenvalue weighted by Crippen LogP contribution is -2.30. The Morgan fingerprint density at radius 1 is 0.241 bits per heavy atom. The summed E-state index contributed by atoms with van der Waals surface area (Å²) in [6.07, 6.45) is 103. The van der Waals surface area contributed by atoms with Crippen LogP contribution in [-0.2, 0) is 28.6 Å². The summed E-state index contributed by atoms with van der Waals surface area (Å²) in [5.74, 6) is -1.02. The Morgan fingerprint density at radius 2 is 0.458 bits per heavy atom. The van der Waals surface area contributed by atoms with Gasteiger partial charge in [0.05, 0.1) is 0 Å². The van der Waals surface area contributed by atoms with E-state index >= 15 is 0 Å². The van der Waals surface area contributed by atoms with Gasteiger partial charge in [-0.2, -0.15) is 0 Å². The molecule has 0 heterocycles. The van der Waals surface area contributed by atoms with Crippen LogP contribution in [0.2, 0.25) is 0 Å². The van der Waals surface area contributed by atoms with E-state index in [1.54, 1.807) is 0 Å². The van der Waals surface area contributed by atoms with Crippen LogP contribution in [0.15, 0.2) is 182 Å². The van der Waals surface area contributed by atoms with Crippen molar-refractivity contribution in [1.82, 2.24) is 0 Å². The summed E-state index contributed by atoms with van der Waals surface area (Å²) in [4.78, 5) is 38.4. The molecule has 0 aliphatic rings. The number of ether oxygens (including phenoxy) is 3. The van der Waals surface area contributed by atoms with Gasteiger partial charge in [-0.1, -0.05) is 287 Å². The lowest BCUT2D eigenvalue weighted by Gasteiger charge is -2.18. The first-order valence-electron chi connectivity index (χ1n) is 33.3. The molecule has 83 heavy (non-hydrogen) atoms. The first-order valence-corrected chi connectivity index (χ1v) is 33.3. The molecule has 0 saturated heterocycles. The van der Waals surface area contributed by atoms with Gasteiger partial charge in [0, 0.05) is 19.3 Å². The van der Waals surface area contributed by atoms with Gasteiger partial charge in [0.25, 0.3) is 0 Å². The molecule has 0 rings (SSSR count). The number of carbonyl (C=O) groups is 3. The molecule has 0 aromatic carbocycles. The Balaban J connectivity index is 4.53. The largest absolute Gasteiger partial charge is 0.462 e. The molecule has 0 bridgehead atoms. The van der Waals surface area contributed by atoms with Crippen molar-refractivity contribution in [2.24, 2.45) is 0 Å². The quantitative estimate of drug-likeness (QED) is 0.0261. The summed E-state index contributed by atoms with van der Waals surface area (Å²) in [7, 11) is 0. The fraction of sp³-hybridized carbons (Fsp3) is 0.571. The van der Waals surface area contributed by atoms with Gasteiger partial charge >= 0.3 is 17.9 Å². The average Bonchev–Trinajstić information content (AvgIpc) is 3.49. The summed E-state index contributed by atoms with van der Waals surface area (Å²) in [6, 6.07) is 0. The van der Waals surface area contributed by atoms with Crippen molar-refractivity contribution >= 4 is 17.9 Å². The molecule has 6 nitrogen and oxygen atoms in total. The van der Waals surface area contributed by atoms with Crippen LogP contribution in [0.5, 0.6) is 0 Å². The Kier molecular flexibility index (Phi) is 64.4. The third-order valence-electron chi connectivity index (χ3n) is 13.4. The van der Waals surface area contributed by atoms with Crippen molar-refractivity contribution in [3.05, 3.63) is 182 Å². The van der Waals surface area contributed by atoms with Crippen LogP contribution in [0, 0.1) is 0 Å². The molecule has 6 heteroatoms. The molecule has 0 aromatic rings. The highest BCUT2D eigenvalue weighted by molar-refractivity contribution is 5.71. The molecule has 0 aromatic heterocycles. The summed E-state index contributed by atoms with van der Waals surface area (Å²) in [5.41, 5.74) is 0. The molecule has 0 spiro atoms. The second-order valence-corrected chi connectivity index (χ2v) is 21.2. The normalized spacial score (nSPS) is 13.3. The molecule has 0 radical (unpaired) electrons. The standard InChI is InChI=1S/C77H120O6/c1-4-7-10-13-16-19-22-25-28-31-34-36-37-38-39-41-43-46-49-52-55-58-61-64-67-70-76(79)82-73-74(72-81-75(78)69-66-63-60-57-54-51-48-45-42-33-30-27-24-21-18-15-12-9-6-3)83-77(80)71-68-65-62-59-56-53-50-47-44-40-35-32-29-26-23-20-17-14-11-8-5-2/h7-12,16-21,25-30,34-36,38-40,42,45,51,54,60,63,74H,4-6,13-15,22-24,31-33,37,41,43-44,46-50,52-53,55-59,61-62,64-73H2,1-3H3/b10-7-,11-8-,12-9-,19-16-,20-17-,21-18-,28-25-,29-26-,30-27-,36-34-,39-38-,40-35-,45-42-,54-51-,63-60-. The van der Waals surface area contributed by atoms with Crippen molar-refractivity contribution < 1.29 is 28.6 Å². The first kappa shape index (κ1) is 77.5. The van der Waals surface area contributed by atoms with Crippen molar-refractivity contribution in [2.75, 3.05) is 13.2 Å². The Morgan fingerprint density at radius 3 is 0.747 bits per heavy atom. The predicted molar refractivity (Wildman–Crippen MR) is 361 cm³/mol. The number of rotatable bonds is 58. The highest BCUT2D eigenvalue weighted by Gasteiger charge is 2.19. The van der Waals surface area contributed by atoms with E-state index in [9.17, 15) is 14.4 Å². The fourth-order valence-corrected chi connectivity index (χ4v) is 8.55. The summed E-state index contributed by atoms with van der Waals surface area (Å²) in [5, 5.41) is 0. The lowest BCUT2D eigenvalue weighted by atomic mass is 10.1. The number of esters is 3. The van der Waals surface area contributed by atoms with Gasteiger partial charge in [-0.25, -0.2) is 0 Å². The molecular weight excluding hydrogens is 1020 g/mol. The summed E-state index contributed by atoms with van der Waals surface area (Å²) in [6.45, 7) is 6.22. The number of hydrogen-bond acceptors (Lipinski definition) is 6. The maximum Gasteiger partial charge on any atom is 0.306 e. The fourth-order valence-electron chi connectivity index (χ4n) is 8.55. The Hall–Kier alpha value is -5.49. The number of hydrogen-bond donors (Lipinski definition) is 0. The average molecular weight is 1140 g/mol. The SMILES string of the molecule is CC/C=C\C/C=C\C/C=C\C/C=C\C/C=C\C/C=C\CCC(=O)OCC(COC(=O)CCCCCCCCCCC/C=C\C/C=C\C/C=C\C/C=C\C/C=C\CC)OC(=O)CCCCCCCCCC/C=C\C/C=C\C/C=C\C/C=C\CC. The van der Waals surface area contributed by atoms with Crippen LogP contribution >= 0.6 is 0 Å². The minimum Gasteiger partial charge on any atom is -0.462 e.